The molecule has 0 N–H and O–H groups in total. The predicted molar refractivity (Wildman–Crippen MR) is 108 cm³/mol. The third-order valence-corrected chi connectivity index (χ3v) is 6.70. The molecule has 2 aromatic heterocycles. The zero-order valence-electron chi connectivity index (χ0n) is 17.0. The van der Waals surface area contributed by atoms with E-state index in [-0.39, 0.29) is 17.7 Å². The molecule has 0 radical (unpaired) electrons. The van der Waals surface area contributed by atoms with Gasteiger partial charge in [-0.05, 0) is 38.7 Å². The van der Waals surface area contributed by atoms with Gasteiger partial charge in [0.05, 0.1) is 16.6 Å². The first-order valence-electron chi connectivity index (χ1n) is 11.0. The second-order valence-electron chi connectivity index (χ2n) is 8.77. The third kappa shape index (κ3) is 3.51. The highest BCUT2D eigenvalue weighted by molar-refractivity contribution is 6.06. The average molecular weight is 396 g/mol. The summed E-state index contributed by atoms with van der Waals surface area (Å²) < 4.78 is 5.38. The number of carbonyl (C=O) groups is 2. The lowest BCUT2D eigenvalue weighted by molar-refractivity contribution is -0.138. The summed E-state index contributed by atoms with van der Waals surface area (Å²) in [5.41, 5.74) is 2.73. The summed E-state index contributed by atoms with van der Waals surface area (Å²) in [7, 11) is 0. The molecule has 0 unspecified atom stereocenters. The fourth-order valence-electron chi connectivity index (χ4n) is 4.78. The van der Waals surface area contributed by atoms with E-state index in [1.807, 2.05) is 22.8 Å². The fraction of sp³-hybridized carbons (Fsp3) is 0.636. The molecule has 0 atom stereocenters. The Bertz CT molecular complexity index is 935. The van der Waals surface area contributed by atoms with Crippen molar-refractivity contribution in [3.05, 3.63) is 23.0 Å². The molecule has 2 aliphatic carbocycles. The van der Waals surface area contributed by atoms with Crippen LogP contribution in [0.2, 0.25) is 0 Å². The molecular formula is C22H28N4O3. The van der Waals surface area contributed by atoms with Crippen LogP contribution < -0.4 is 0 Å². The van der Waals surface area contributed by atoms with Crippen molar-refractivity contribution in [3.8, 4) is 0 Å². The fourth-order valence-corrected chi connectivity index (χ4v) is 4.78. The van der Waals surface area contributed by atoms with Gasteiger partial charge >= 0.3 is 0 Å². The summed E-state index contributed by atoms with van der Waals surface area (Å²) in [4.78, 5) is 34.6. The first-order valence-corrected chi connectivity index (χ1v) is 11.0. The molecule has 0 aromatic carbocycles. The van der Waals surface area contributed by atoms with Crippen molar-refractivity contribution in [1.82, 2.24) is 19.9 Å². The minimum atomic E-state index is -0.00429. The van der Waals surface area contributed by atoms with Crippen LogP contribution in [0.25, 0.3) is 11.1 Å². The van der Waals surface area contributed by atoms with Crippen molar-refractivity contribution in [2.24, 2.45) is 5.92 Å². The third-order valence-electron chi connectivity index (χ3n) is 6.70. The van der Waals surface area contributed by atoms with Crippen molar-refractivity contribution in [2.75, 3.05) is 26.2 Å². The van der Waals surface area contributed by atoms with E-state index in [4.69, 9.17) is 4.52 Å². The SMILES string of the molecule is Cc1noc2nc(C3CC3)cc(C(=O)N3CCN(C(=O)C4CCCCC4)CC3)c12. The highest BCUT2D eigenvalue weighted by Crippen LogP contribution is 2.40. The Kier molecular flexibility index (Phi) is 4.76. The lowest BCUT2D eigenvalue weighted by Gasteiger charge is -2.37. The van der Waals surface area contributed by atoms with Crippen LogP contribution in [0.5, 0.6) is 0 Å². The van der Waals surface area contributed by atoms with Crippen molar-refractivity contribution >= 4 is 22.9 Å². The molecule has 5 rings (SSSR count). The average Bonchev–Trinajstić information content (AvgIpc) is 3.56. The summed E-state index contributed by atoms with van der Waals surface area (Å²) >= 11 is 0. The molecular weight excluding hydrogens is 368 g/mol. The topological polar surface area (TPSA) is 79.5 Å². The first-order chi connectivity index (χ1) is 14.1. The van der Waals surface area contributed by atoms with E-state index in [1.165, 1.54) is 6.42 Å². The molecule has 154 valence electrons. The molecule has 1 aliphatic heterocycles. The van der Waals surface area contributed by atoms with Crippen LogP contribution in [0.4, 0.5) is 0 Å². The second-order valence-corrected chi connectivity index (χ2v) is 8.77. The number of piperazine rings is 1. The van der Waals surface area contributed by atoms with Crippen LogP contribution in [-0.4, -0.2) is 57.9 Å². The zero-order valence-corrected chi connectivity index (χ0v) is 17.0. The number of nitrogens with zero attached hydrogens (tertiary/aromatic N) is 4. The largest absolute Gasteiger partial charge is 0.339 e. The van der Waals surface area contributed by atoms with Crippen molar-refractivity contribution in [2.45, 2.75) is 57.8 Å². The Morgan fingerprint density at radius 3 is 2.38 bits per heavy atom. The number of hydrogen-bond acceptors (Lipinski definition) is 5. The minimum Gasteiger partial charge on any atom is -0.339 e. The number of amides is 2. The molecule has 2 aromatic rings. The molecule has 1 saturated heterocycles. The Hall–Kier alpha value is -2.44. The van der Waals surface area contributed by atoms with Crippen molar-refractivity contribution in [1.29, 1.82) is 0 Å². The van der Waals surface area contributed by atoms with Crippen LogP contribution >= 0.6 is 0 Å². The number of carbonyl (C=O) groups excluding carboxylic acids is 2. The number of aryl methyl sites for hydroxylation is 1. The molecule has 2 saturated carbocycles. The quantitative estimate of drug-likeness (QED) is 0.795. The highest BCUT2D eigenvalue weighted by atomic mass is 16.5. The molecule has 7 heteroatoms. The number of rotatable bonds is 3. The number of fused-ring (bicyclic) bond motifs is 1. The molecule has 0 spiro atoms. The van der Waals surface area contributed by atoms with Crippen molar-refractivity contribution < 1.29 is 14.1 Å². The maximum Gasteiger partial charge on any atom is 0.259 e. The molecule has 2 amide bonds. The van der Waals surface area contributed by atoms with Gasteiger partial charge in [-0.1, -0.05) is 24.4 Å². The van der Waals surface area contributed by atoms with Gasteiger partial charge in [0.1, 0.15) is 0 Å². The van der Waals surface area contributed by atoms with Crippen LogP contribution in [0.3, 0.4) is 0 Å². The summed E-state index contributed by atoms with van der Waals surface area (Å²) in [6.45, 7) is 4.23. The van der Waals surface area contributed by atoms with Gasteiger partial charge in [-0.2, -0.15) is 0 Å². The van der Waals surface area contributed by atoms with E-state index in [9.17, 15) is 9.59 Å². The van der Waals surface area contributed by atoms with Crippen LogP contribution in [-0.2, 0) is 4.79 Å². The predicted octanol–water partition coefficient (Wildman–Crippen LogP) is 3.27. The Balaban J connectivity index is 1.32. The van der Waals surface area contributed by atoms with E-state index < -0.39 is 0 Å². The molecule has 0 bridgehead atoms. The zero-order chi connectivity index (χ0) is 20.0. The lowest BCUT2D eigenvalue weighted by atomic mass is 9.88. The monoisotopic (exact) mass is 396 g/mol. The molecule has 3 heterocycles. The molecule has 29 heavy (non-hydrogen) atoms. The van der Waals surface area contributed by atoms with Gasteiger partial charge in [0.2, 0.25) is 5.91 Å². The number of hydrogen-bond donors (Lipinski definition) is 0. The molecule has 3 fully saturated rings. The highest BCUT2D eigenvalue weighted by Gasteiger charge is 2.33. The Morgan fingerprint density at radius 1 is 1.00 bits per heavy atom. The molecule has 7 nitrogen and oxygen atoms in total. The van der Waals surface area contributed by atoms with E-state index in [1.54, 1.807) is 0 Å². The first kappa shape index (κ1) is 18.6. The van der Waals surface area contributed by atoms with Gasteiger partial charge < -0.3 is 14.3 Å². The molecule has 3 aliphatic rings. The van der Waals surface area contributed by atoms with Crippen LogP contribution in [0.1, 0.15) is 72.6 Å². The van der Waals surface area contributed by atoms with Crippen LogP contribution in [0, 0.1) is 12.8 Å². The summed E-state index contributed by atoms with van der Waals surface area (Å²) in [5, 5.41) is 4.75. The van der Waals surface area contributed by atoms with E-state index in [2.05, 4.69) is 10.1 Å². The van der Waals surface area contributed by atoms with E-state index in [0.717, 1.165) is 49.6 Å². The van der Waals surface area contributed by atoms with Gasteiger partial charge in [0.15, 0.2) is 0 Å². The van der Waals surface area contributed by atoms with Crippen molar-refractivity contribution in [3.63, 3.8) is 0 Å². The van der Waals surface area contributed by atoms with Gasteiger partial charge in [0, 0.05) is 43.7 Å². The second kappa shape index (κ2) is 7.43. The minimum absolute atomic E-state index is 0.00429. The van der Waals surface area contributed by atoms with Gasteiger partial charge in [-0.3, -0.25) is 9.59 Å². The normalized spacial score (nSPS) is 21.0. The standard InChI is InChI=1S/C22H28N4O3/c1-14-19-17(13-18(15-7-8-15)23-20(19)29-24-14)22(28)26-11-9-25(10-12-26)21(27)16-5-3-2-4-6-16/h13,15-16H,2-12H2,1H3. The van der Waals surface area contributed by atoms with Crippen LogP contribution in [0.15, 0.2) is 10.6 Å². The summed E-state index contributed by atoms with van der Waals surface area (Å²) in [6, 6.07) is 1.94. The maximum absolute atomic E-state index is 13.4. The number of aromatic nitrogens is 2. The summed E-state index contributed by atoms with van der Waals surface area (Å²) in [5.74, 6) is 0.900. The summed E-state index contributed by atoms with van der Waals surface area (Å²) in [6.07, 6.45) is 7.83. The maximum atomic E-state index is 13.4. The lowest BCUT2D eigenvalue weighted by Crippen LogP contribution is -2.52. The van der Waals surface area contributed by atoms with E-state index >= 15 is 0 Å². The smallest absolute Gasteiger partial charge is 0.259 e. The van der Waals surface area contributed by atoms with Gasteiger partial charge in [-0.15, -0.1) is 0 Å². The Labute approximate surface area is 170 Å². The van der Waals surface area contributed by atoms with E-state index in [0.29, 0.717) is 49.1 Å². The number of pyridine rings is 1. The Morgan fingerprint density at radius 2 is 1.69 bits per heavy atom. The van der Waals surface area contributed by atoms with Gasteiger partial charge in [0.25, 0.3) is 11.6 Å². The van der Waals surface area contributed by atoms with Gasteiger partial charge in [-0.25, -0.2) is 4.98 Å².